The Balaban J connectivity index is 1.59. The molecule has 4 fully saturated rings. The number of aliphatic hydroxyl groups is 5. The van der Waals surface area contributed by atoms with Gasteiger partial charge in [0.05, 0.1) is 18.3 Å². The van der Waals surface area contributed by atoms with Gasteiger partial charge in [0.25, 0.3) is 0 Å². The van der Waals surface area contributed by atoms with Crippen molar-refractivity contribution in [3.8, 4) is 0 Å². The zero-order valence-electron chi connectivity index (χ0n) is 16.9. The molecule has 2 saturated heterocycles. The molecule has 0 amide bonds. The van der Waals surface area contributed by atoms with Gasteiger partial charge in [0.15, 0.2) is 6.29 Å². The Labute approximate surface area is 174 Å². The van der Waals surface area contributed by atoms with Gasteiger partial charge in [-0.2, -0.15) is 0 Å². The molecule has 0 aromatic rings. The number of allylic oxidation sites excluding steroid dienone is 1. The smallest absolute Gasteiger partial charge is 0.334 e. The number of carbonyl (C=O) groups excluding carboxylic acids is 1. The van der Waals surface area contributed by atoms with Crippen molar-refractivity contribution >= 4 is 5.97 Å². The van der Waals surface area contributed by atoms with Crippen molar-refractivity contribution in [1.29, 1.82) is 0 Å². The van der Waals surface area contributed by atoms with Gasteiger partial charge in [-0.3, -0.25) is 0 Å². The molecule has 11 unspecified atom stereocenters. The Morgan fingerprint density at radius 3 is 2.53 bits per heavy atom. The predicted molar refractivity (Wildman–Crippen MR) is 102 cm³/mol. The molecule has 2 saturated carbocycles. The van der Waals surface area contributed by atoms with Crippen LogP contribution in [0.1, 0.15) is 26.2 Å². The van der Waals surface area contributed by atoms with E-state index in [1.807, 2.05) is 0 Å². The van der Waals surface area contributed by atoms with Crippen LogP contribution in [0.5, 0.6) is 0 Å². The van der Waals surface area contributed by atoms with Gasteiger partial charge in [-0.05, 0) is 32.1 Å². The molecule has 0 radical (unpaired) electrons. The Bertz CT molecular complexity index is 732. The van der Waals surface area contributed by atoms with Crippen molar-refractivity contribution in [2.75, 3.05) is 6.61 Å². The fourth-order valence-electron chi connectivity index (χ4n) is 5.57. The lowest BCUT2D eigenvalue weighted by Gasteiger charge is -2.42. The largest absolute Gasteiger partial charge is 0.458 e. The van der Waals surface area contributed by atoms with Gasteiger partial charge in [-0.25, -0.2) is 4.79 Å². The first-order valence-corrected chi connectivity index (χ1v) is 10.3. The number of fused-ring (bicyclic) bond motifs is 3. The van der Waals surface area contributed by atoms with Crippen LogP contribution in [0.25, 0.3) is 0 Å². The lowest BCUT2D eigenvalue weighted by atomic mass is 9.77. The molecular weight excluding hydrogens is 396 g/mol. The number of ether oxygens (including phenoxy) is 3. The van der Waals surface area contributed by atoms with E-state index >= 15 is 0 Å². The summed E-state index contributed by atoms with van der Waals surface area (Å²) >= 11 is 0. The van der Waals surface area contributed by atoms with Crippen LogP contribution >= 0.6 is 0 Å². The lowest BCUT2D eigenvalue weighted by Crippen LogP contribution is -2.60. The van der Waals surface area contributed by atoms with E-state index in [-0.39, 0.29) is 11.8 Å². The Kier molecular flexibility index (Phi) is 5.59. The highest BCUT2D eigenvalue weighted by Gasteiger charge is 2.62. The van der Waals surface area contributed by atoms with Gasteiger partial charge >= 0.3 is 5.97 Å². The fourth-order valence-corrected chi connectivity index (χ4v) is 5.57. The summed E-state index contributed by atoms with van der Waals surface area (Å²) in [4.78, 5) is 12.1. The van der Waals surface area contributed by atoms with Gasteiger partial charge in [-0.1, -0.05) is 18.7 Å². The van der Waals surface area contributed by atoms with Crippen molar-refractivity contribution < 1.29 is 44.5 Å². The highest BCUT2D eigenvalue weighted by atomic mass is 16.7. The summed E-state index contributed by atoms with van der Waals surface area (Å²) in [5.41, 5.74) is -0.120. The van der Waals surface area contributed by atoms with Crippen LogP contribution in [0.2, 0.25) is 0 Å². The van der Waals surface area contributed by atoms with E-state index in [2.05, 4.69) is 13.2 Å². The standard InChI is InChI=1S/C21H30O9/c1-8-4-5-10-9(2)19(26)30-18(10)14-11(8)6-13(21(14,3)27)29-20-17(25)16(24)15(23)12(7-22)28-20/h10-18,20,22-25,27H,1-2,4-7H2,3H3. The van der Waals surface area contributed by atoms with Crippen LogP contribution in [0.3, 0.4) is 0 Å². The first-order chi connectivity index (χ1) is 14.1. The minimum atomic E-state index is -1.57. The predicted octanol–water partition coefficient (Wildman–Crippen LogP) is -0.994. The summed E-state index contributed by atoms with van der Waals surface area (Å²) in [6.45, 7) is 9.05. The zero-order chi connectivity index (χ0) is 22.0. The minimum absolute atomic E-state index is 0.177. The molecule has 9 nitrogen and oxygen atoms in total. The Morgan fingerprint density at radius 2 is 1.87 bits per heavy atom. The summed E-state index contributed by atoms with van der Waals surface area (Å²) in [5, 5.41) is 51.2. The maximum absolute atomic E-state index is 12.1. The fraction of sp³-hybridized carbons (Fsp3) is 0.762. The van der Waals surface area contributed by atoms with Crippen LogP contribution in [-0.4, -0.2) is 86.6 Å². The van der Waals surface area contributed by atoms with Crippen molar-refractivity contribution in [1.82, 2.24) is 0 Å². The summed E-state index contributed by atoms with van der Waals surface area (Å²) < 4.78 is 17.0. The van der Waals surface area contributed by atoms with E-state index < -0.39 is 67.0 Å². The van der Waals surface area contributed by atoms with E-state index in [4.69, 9.17) is 14.2 Å². The molecule has 4 aliphatic rings. The summed E-state index contributed by atoms with van der Waals surface area (Å²) in [5.74, 6) is -1.31. The van der Waals surface area contributed by atoms with Crippen LogP contribution in [0.4, 0.5) is 0 Å². The number of hydrogen-bond donors (Lipinski definition) is 5. The van der Waals surface area contributed by atoms with Gasteiger partial charge in [0.2, 0.25) is 0 Å². The summed E-state index contributed by atoms with van der Waals surface area (Å²) in [6, 6.07) is 0. The molecule has 168 valence electrons. The summed E-state index contributed by atoms with van der Waals surface area (Å²) in [7, 11) is 0. The average molecular weight is 426 g/mol. The molecule has 2 heterocycles. The van der Waals surface area contributed by atoms with Crippen molar-refractivity contribution in [2.24, 2.45) is 17.8 Å². The van der Waals surface area contributed by atoms with E-state index in [0.717, 1.165) is 5.57 Å². The van der Waals surface area contributed by atoms with Crippen molar-refractivity contribution in [3.63, 3.8) is 0 Å². The van der Waals surface area contributed by atoms with E-state index in [1.165, 1.54) is 0 Å². The third kappa shape index (κ3) is 3.24. The maximum atomic E-state index is 12.1. The van der Waals surface area contributed by atoms with Gasteiger partial charge in [-0.15, -0.1) is 0 Å². The Morgan fingerprint density at radius 1 is 1.17 bits per heavy atom. The van der Waals surface area contributed by atoms with Crippen molar-refractivity contribution in [3.05, 3.63) is 24.3 Å². The second kappa shape index (κ2) is 7.67. The van der Waals surface area contributed by atoms with E-state index in [1.54, 1.807) is 6.92 Å². The average Bonchev–Trinajstić information content (AvgIpc) is 3.06. The highest BCUT2D eigenvalue weighted by Crippen LogP contribution is 2.55. The van der Waals surface area contributed by atoms with Gasteiger partial charge < -0.3 is 39.7 Å². The highest BCUT2D eigenvalue weighted by molar-refractivity contribution is 5.90. The molecule has 0 aromatic heterocycles. The number of carbonyl (C=O) groups is 1. The van der Waals surface area contributed by atoms with Crippen LogP contribution in [0, 0.1) is 17.8 Å². The van der Waals surface area contributed by atoms with Crippen LogP contribution in [0.15, 0.2) is 24.3 Å². The monoisotopic (exact) mass is 426 g/mol. The van der Waals surface area contributed by atoms with E-state index in [9.17, 15) is 30.3 Å². The second-order valence-corrected chi connectivity index (χ2v) is 9.11. The molecule has 0 aromatic carbocycles. The van der Waals surface area contributed by atoms with Crippen molar-refractivity contribution in [2.45, 2.75) is 74.7 Å². The number of hydrogen-bond acceptors (Lipinski definition) is 9. The van der Waals surface area contributed by atoms with Gasteiger partial charge in [0.1, 0.15) is 30.5 Å². The molecule has 30 heavy (non-hydrogen) atoms. The SMILES string of the molecule is C=C1C(=O)OC2C1CCC(=C)C1CC(OC3OC(CO)C(O)C(O)C3O)C(C)(O)C12. The molecule has 0 bridgehead atoms. The Hall–Kier alpha value is -1.33. The zero-order valence-corrected chi connectivity index (χ0v) is 16.9. The first-order valence-electron chi connectivity index (χ1n) is 10.3. The van der Waals surface area contributed by atoms with Crippen LogP contribution < -0.4 is 0 Å². The molecule has 0 spiro atoms. The minimum Gasteiger partial charge on any atom is -0.458 e. The normalized spacial score (nSPS) is 51.3. The third-order valence-electron chi connectivity index (χ3n) is 7.38. The third-order valence-corrected chi connectivity index (χ3v) is 7.38. The molecule has 4 rings (SSSR count). The summed E-state index contributed by atoms with van der Waals surface area (Å²) in [6.07, 6.45) is -6.77. The molecule has 2 aliphatic carbocycles. The molecular formula is C21H30O9. The number of rotatable bonds is 3. The first kappa shape index (κ1) is 21.9. The molecule has 2 aliphatic heterocycles. The van der Waals surface area contributed by atoms with Gasteiger partial charge in [0, 0.05) is 17.4 Å². The molecule has 11 atom stereocenters. The quantitative estimate of drug-likeness (QED) is 0.218. The second-order valence-electron chi connectivity index (χ2n) is 9.11. The van der Waals surface area contributed by atoms with E-state index in [0.29, 0.717) is 24.8 Å². The van der Waals surface area contributed by atoms with Crippen LogP contribution in [-0.2, 0) is 19.0 Å². The number of aliphatic hydroxyl groups excluding tert-OH is 4. The number of esters is 1. The molecule has 9 heteroatoms. The lowest BCUT2D eigenvalue weighted by molar-refractivity contribution is -0.322. The maximum Gasteiger partial charge on any atom is 0.334 e. The molecule has 5 N–H and O–H groups in total. The topological polar surface area (TPSA) is 146 Å².